The van der Waals surface area contributed by atoms with Gasteiger partial charge in [-0.15, -0.1) is 0 Å². The maximum absolute atomic E-state index is 13.2. The third-order valence-electron chi connectivity index (χ3n) is 23.7. The summed E-state index contributed by atoms with van der Waals surface area (Å²) in [7, 11) is 3.12. The van der Waals surface area contributed by atoms with Gasteiger partial charge in [0.2, 0.25) is 0 Å². The summed E-state index contributed by atoms with van der Waals surface area (Å²) in [5, 5.41) is 9.63. The van der Waals surface area contributed by atoms with Gasteiger partial charge in [-0.25, -0.2) is 0 Å². The van der Waals surface area contributed by atoms with Gasteiger partial charge < -0.3 is 9.47 Å². The van der Waals surface area contributed by atoms with E-state index in [1.165, 1.54) is 21.7 Å². The number of esters is 2. The van der Waals surface area contributed by atoms with Crippen molar-refractivity contribution >= 4 is 50.7 Å². The van der Waals surface area contributed by atoms with Crippen LogP contribution in [0.15, 0.2) is 113 Å². The number of fused-ring (bicyclic) bond motifs is 1. The number of benzene rings is 5. The van der Waals surface area contributed by atoms with Crippen molar-refractivity contribution in [3.63, 3.8) is 0 Å². The molecular formula is C63H48O4. The number of carbonyl (C=O) groups excluding carboxylic acids is 2. The maximum atomic E-state index is 13.2. The monoisotopic (exact) mass is 868 g/mol. The minimum absolute atomic E-state index is 0.00417. The Hall–Kier alpha value is -5.74. The van der Waals surface area contributed by atoms with Crippen molar-refractivity contribution in [1.82, 2.24) is 0 Å². The number of rotatable bonds is 10. The van der Waals surface area contributed by atoms with Crippen LogP contribution in [0.4, 0.5) is 0 Å². The summed E-state index contributed by atoms with van der Waals surface area (Å²) in [5.41, 5.74) is 25.7. The van der Waals surface area contributed by atoms with Crippen LogP contribution in [0.5, 0.6) is 0 Å². The predicted octanol–water partition coefficient (Wildman–Crippen LogP) is 9.96. The van der Waals surface area contributed by atoms with Crippen LogP contribution in [0, 0.1) is 52.3 Å². The van der Waals surface area contributed by atoms with E-state index >= 15 is 0 Å². The number of ether oxygens (including phenoxy) is 2. The van der Waals surface area contributed by atoms with Gasteiger partial charge in [0.25, 0.3) is 0 Å². The van der Waals surface area contributed by atoms with Crippen LogP contribution in [0.3, 0.4) is 0 Å². The molecule has 5 aromatic rings. The second-order valence-corrected chi connectivity index (χ2v) is 24.3. The smallest absolute Gasteiger partial charge is 0.305 e. The Morgan fingerprint density at radius 1 is 0.761 bits per heavy atom. The summed E-state index contributed by atoms with van der Waals surface area (Å²) >= 11 is 0. The minimum atomic E-state index is -0.0888. The first kappa shape index (κ1) is 34.5. The molecule has 0 bridgehead atoms. The van der Waals surface area contributed by atoms with E-state index in [9.17, 15) is 9.59 Å². The van der Waals surface area contributed by atoms with Crippen molar-refractivity contribution in [2.45, 2.75) is 85.9 Å². The molecule has 4 fully saturated rings. The van der Waals surface area contributed by atoms with E-state index < -0.39 is 0 Å². The summed E-state index contributed by atoms with van der Waals surface area (Å²) in [5.74, 6) is 4.00. The molecule has 14 unspecified atom stereocenters. The standard InChI is InChI=1S/C63H48O4/c1-66-37(64)15-9-17-59(33-11-5-3-6-12-33)58-36-25-30-20-29-23-35-24-31-21-28-19-27-22-32-26-60(58,59)55-43(32)45-40(27)46-42(28)54(31)63-57-52(46)48(45)49-50-47(44(36)51(49)55)39(30)41(29)56(53(50)57)62(35,63)61(63,18-10-16-38(65)67-2)34-13-7-4-8-14-34/h3-8,11-14,19,21-23,25,31,36,39,44,47,54,56-58H,9-10,15-18,20,24,26H2,1-2H3. The molecular weight excluding hydrogens is 821 g/mol. The zero-order chi connectivity index (χ0) is 43.4. The number of hydrogen-bond acceptors (Lipinski definition) is 4. The first-order valence-electron chi connectivity index (χ1n) is 26.0. The molecule has 0 N–H and O–H groups in total. The van der Waals surface area contributed by atoms with Crippen LogP contribution in [0.25, 0.3) is 38.8 Å². The van der Waals surface area contributed by atoms with Crippen LogP contribution in [-0.4, -0.2) is 26.2 Å². The second-order valence-electron chi connectivity index (χ2n) is 24.3. The molecule has 0 radical (unpaired) electrons. The predicted molar refractivity (Wildman–Crippen MR) is 255 cm³/mol. The molecule has 0 aliphatic heterocycles. The molecule has 20 rings (SSSR count). The average Bonchev–Trinajstić information content (AvgIpc) is 3.79. The Kier molecular flexibility index (Phi) is 5.10. The first-order valence-corrected chi connectivity index (χ1v) is 26.0. The van der Waals surface area contributed by atoms with Gasteiger partial charge in [0.05, 0.1) is 14.2 Å². The number of hydrogen-bond donors (Lipinski definition) is 0. The SMILES string of the molecule is COC(=O)CCCC1(c2ccccc2)C2C3C=C4CC5=C6C4C4C7=C8C6C69C(=C5)CC5C=c%10cc%11cc%12c%13c(c(c7c7c%13c%11c%11c%10C5C6(C8C=7%11)C9(CCCC(=O)OC)c5ccccc5)C34)C21C%12. The summed E-state index contributed by atoms with van der Waals surface area (Å²) in [6.45, 7) is 0. The van der Waals surface area contributed by atoms with Crippen molar-refractivity contribution in [3.8, 4) is 0 Å². The molecule has 3 spiro atoms. The van der Waals surface area contributed by atoms with E-state index in [-0.39, 0.29) is 39.0 Å². The minimum Gasteiger partial charge on any atom is -0.469 e. The molecule has 14 atom stereocenters. The normalized spacial score (nSPS) is 41.6. The van der Waals surface area contributed by atoms with Crippen molar-refractivity contribution < 1.29 is 19.1 Å². The quantitative estimate of drug-likeness (QED) is 0.0798. The van der Waals surface area contributed by atoms with Gasteiger partial charge in [0.15, 0.2) is 0 Å². The van der Waals surface area contributed by atoms with Crippen molar-refractivity contribution in [2.24, 2.45) is 52.3 Å². The van der Waals surface area contributed by atoms with E-state index in [4.69, 9.17) is 9.47 Å². The lowest BCUT2D eigenvalue weighted by atomic mass is 9.51. The third kappa shape index (κ3) is 2.78. The Morgan fingerprint density at radius 2 is 1.54 bits per heavy atom. The highest BCUT2D eigenvalue weighted by Crippen LogP contribution is 3.04. The number of methoxy groups -OCH3 is 2. The topological polar surface area (TPSA) is 52.6 Å². The fraction of sp³-hybridized carbons (Fsp3) is 0.397. The van der Waals surface area contributed by atoms with Gasteiger partial charge in [-0.2, -0.15) is 0 Å². The molecule has 15 aliphatic carbocycles. The highest BCUT2D eigenvalue weighted by atomic mass is 16.5. The van der Waals surface area contributed by atoms with Crippen LogP contribution in [0.2, 0.25) is 0 Å². The second kappa shape index (κ2) is 9.89. The molecule has 4 nitrogen and oxygen atoms in total. The number of carbonyl (C=O) groups is 2. The zero-order valence-corrected chi connectivity index (χ0v) is 37.9. The van der Waals surface area contributed by atoms with E-state index in [1.54, 1.807) is 91.3 Å². The van der Waals surface area contributed by atoms with Gasteiger partial charge in [0.1, 0.15) is 0 Å². The summed E-state index contributed by atoms with van der Waals surface area (Å²) < 4.78 is 10.7. The van der Waals surface area contributed by atoms with Crippen LogP contribution in [0.1, 0.15) is 108 Å². The maximum Gasteiger partial charge on any atom is 0.305 e. The van der Waals surface area contributed by atoms with E-state index in [1.807, 2.05) is 16.7 Å². The summed E-state index contributed by atoms with van der Waals surface area (Å²) in [4.78, 5) is 26.1. The van der Waals surface area contributed by atoms with Gasteiger partial charge in [-0.05, 0) is 173 Å². The molecule has 5 aromatic carbocycles. The third-order valence-corrected chi connectivity index (χ3v) is 23.7. The fourth-order valence-electron chi connectivity index (χ4n) is 23.5. The van der Waals surface area contributed by atoms with Gasteiger partial charge in [0, 0.05) is 69.5 Å². The Balaban J connectivity index is 0.973. The van der Waals surface area contributed by atoms with Crippen LogP contribution >= 0.6 is 0 Å². The molecule has 0 saturated heterocycles. The molecule has 0 aromatic heterocycles. The summed E-state index contributed by atoms with van der Waals surface area (Å²) in [6.07, 6.45) is 16.7. The highest BCUT2D eigenvalue weighted by molar-refractivity contribution is 6.24. The molecule has 4 heteroatoms. The summed E-state index contributed by atoms with van der Waals surface area (Å²) in [6, 6.07) is 29.1. The van der Waals surface area contributed by atoms with Crippen LogP contribution in [-0.2, 0) is 41.7 Å². The Bertz CT molecular complexity index is 3830. The molecule has 4 saturated carbocycles. The van der Waals surface area contributed by atoms with E-state index in [0.717, 1.165) is 44.9 Å². The van der Waals surface area contributed by atoms with Crippen molar-refractivity contribution in [3.05, 3.63) is 168 Å². The Morgan fingerprint density at radius 3 is 2.33 bits per heavy atom. The molecule has 0 amide bonds. The van der Waals surface area contributed by atoms with E-state index in [0.29, 0.717) is 66.1 Å². The Labute approximate surface area is 388 Å². The molecule has 0 heterocycles. The van der Waals surface area contributed by atoms with Crippen molar-refractivity contribution in [2.75, 3.05) is 14.2 Å². The lowest BCUT2D eigenvalue weighted by molar-refractivity contribution is -0.141. The lowest BCUT2D eigenvalue weighted by Crippen LogP contribution is -2.45. The van der Waals surface area contributed by atoms with Gasteiger partial charge in [-0.1, -0.05) is 102 Å². The lowest BCUT2D eigenvalue weighted by Gasteiger charge is -2.51. The van der Waals surface area contributed by atoms with E-state index in [2.05, 4.69) is 91.0 Å². The van der Waals surface area contributed by atoms with Gasteiger partial charge >= 0.3 is 11.9 Å². The molecule has 15 aliphatic rings. The molecule has 324 valence electrons. The number of allylic oxidation sites excluding steroid dienone is 8. The average molecular weight is 869 g/mol. The highest BCUT2D eigenvalue weighted by Gasteiger charge is 3.00. The fourth-order valence-corrected chi connectivity index (χ4v) is 23.5. The van der Waals surface area contributed by atoms with Crippen molar-refractivity contribution in [1.29, 1.82) is 0 Å². The zero-order valence-electron chi connectivity index (χ0n) is 37.9. The van der Waals surface area contributed by atoms with Gasteiger partial charge in [-0.3, -0.25) is 9.59 Å². The molecule has 67 heavy (non-hydrogen) atoms. The largest absolute Gasteiger partial charge is 0.469 e. The van der Waals surface area contributed by atoms with Crippen LogP contribution < -0.4 is 10.4 Å². The first-order chi connectivity index (χ1) is 33.0.